The fraction of sp³-hybridized carbons (Fsp3) is 0.333. The summed E-state index contributed by atoms with van der Waals surface area (Å²) in [7, 11) is 0. The van der Waals surface area contributed by atoms with Crippen molar-refractivity contribution in [2.75, 3.05) is 5.75 Å². The van der Waals surface area contributed by atoms with E-state index in [1.54, 1.807) is 28.5 Å². The summed E-state index contributed by atoms with van der Waals surface area (Å²) in [6.45, 7) is 4.12. The largest absolute Gasteiger partial charge is 0.272 e. The van der Waals surface area contributed by atoms with Crippen molar-refractivity contribution in [3.8, 4) is 5.69 Å². The highest BCUT2D eigenvalue weighted by Gasteiger charge is 2.26. The first-order chi connectivity index (χ1) is 10.1. The second-order valence-electron chi connectivity index (χ2n) is 4.85. The van der Waals surface area contributed by atoms with Gasteiger partial charge in [-0.3, -0.25) is 9.36 Å². The third-order valence-corrected chi connectivity index (χ3v) is 5.28. The van der Waals surface area contributed by atoms with Gasteiger partial charge in [0.2, 0.25) is 0 Å². The van der Waals surface area contributed by atoms with E-state index in [4.69, 9.17) is 0 Å². The molecular weight excluding hydrogens is 307 g/mol. The lowest BCUT2D eigenvalue weighted by atomic mass is 10.2. The molecule has 2 heterocycles. The predicted molar refractivity (Wildman–Crippen MR) is 85.2 cm³/mol. The van der Waals surface area contributed by atoms with Crippen LogP contribution < -0.4 is 5.56 Å². The average Bonchev–Trinajstić information content (AvgIpc) is 2.82. The van der Waals surface area contributed by atoms with Gasteiger partial charge in [-0.05, 0) is 30.0 Å². The SMILES string of the molecule is CCSc1nc2c(c(=O)n1-c1ccc(F)cc1)S[C@H](C)C2. The molecule has 0 bridgehead atoms. The predicted octanol–water partition coefficient (Wildman–Crippen LogP) is 3.52. The lowest BCUT2D eigenvalue weighted by Crippen LogP contribution is -2.23. The normalized spacial score (nSPS) is 17.0. The molecule has 0 aliphatic carbocycles. The second-order valence-corrected chi connectivity index (χ2v) is 7.53. The van der Waals surface area contributed by atoms with Gasteiger partial charge < -0.3 is 0 Å². The smallest absolute Gasteiger partial charge is 0.268 e. The molecule has 21 heavy (non-hydrogen) atoms. The Morgan fingerprint density at radius 3 is 2.81 bits per heavy atom. The standard InChI is InChI=1S/C15H15FN2OS2/c1-3-20-15-17-12-8-9(2)21-13(12)14(19)18(15)11-6-4-10(16)5-7-11/h4-7,9H,3,8H2,1-2H3/t9-/m1/s1. The fourth-order valence-corrected chi connectivity index (χ4v) is 4.19. The molecule has 0 saturated carbocycles. The summed E-state index contributed by atoms with van der Waals surface area (Å²) in [5.41, 5.74) is 1.51. The quantitative estimate of drug-likeness (QED) is 0.640. The molecule has 0 fully saturated rings. The molecule has 3 rings (SSSR count). The number of hydrogen-bond donors (Lipinski definition) is 0. The van der Waals surface area contributed by atoms with E-state index in [1.165, 1.54) is 23.9 Å². The van der Waals surface area contributed by atoms with E-state index < -0.39 is 0 Å². The Kier molecular flexibility index (Phi) is 4.08. The van der Waals surface area contributed by atoms with Crippen LogP contribution in [0.1, 0.15) is 19.5 Å². The van der Waals surface area contributed by atoms with Crippen molar-refractivity contribution < 1.29 is 4.39 Å². The van der Waals surface area contributed by atoms with Crippen molar-refractivity contribution in [1.82, 2.24) is 9.55 Å². The highest BCUT2D eigenvalue weighted by atomic mass is 32.2. The van der Waals surface area contributed by atoms with Crippen molar-refractivity contribution in [3.05, 3.63) is 46.1 Å². The summed E-state index contributed by atoms with van der Waals surface area (Å²) in [5, 5.41) is 1.06. The first-order valence-corrected chi connectivity index (χ1v) is 8.68. The number of aromatic nitrogens is 2. The average molecular weight is 322 g/mol. The molecule has 2 aromatic rings. The summed E-state index contributed by atoms with van der Waals surface area (Å²) in [4.78, 5) is 18.2. The van der Waals surface area contributed by atoms with E-state index in [0.717, 1.165) is 22.8 Å². The van der Waals surface area contributed by atoms with Gasteiger partial charge in [-0.1, -0.05) is 25.6 Å². The fourth-order valence-electron chi connectivity index (χ4n) is 2.34. The van der Waals surface area contributed by atoms with Crippen LogP contribution in [0.2, 0.25) is 0 Å². The van der Waals surface area contributed by atoms with E-state index in [2.05, 4.69) is 11.9 Å². The summed E-state index contributed by atoms with van der Waals surface area (Å²) >= 11 is 3.11. The van der Waals surface area contributed by atoms with Crippen molar-refractivity contribution in [2.24, 2.45) is 0 Å². The van der Waals surface area contributed by atoms with E-state index in [1.807, 2.05) is 6.92 Å². The van der Waals surface area contributed by atoms with Gasteiger partial charge in [-0.2, -0.15) is 0 Å². The minimum absolute atomic E-state index is 0.0445. The van der Waals surface area contributed by atoms with Crippen LogP contribution in [0, 0.1) is 5.82 Å². The highest BCUT2D eigenvalue weighted by molar-refractivity contribution is 8.00. The summed E-state index contributed by atoms with van der Waals surface area (Å²) in [6.07, 6.45) is 0.830. The number of benzene rings is 1. The number of nitrogens with zero attached hydrogens (tertiary/aromatic N) is 2. The maximum Gasteiger partial charge on any atom is 0.272 e. The van der Waals surface area contributed by atoms with Gasteiger partial charge in [0.25, 0.3) is 5.56 Å². The summed E-state index contributed by atoms with van der Waals surface area (Å²) in [6, 6.07) is 5.97. The van der Waals surface area contributed by atoms with Crippen molar-refractivity contribution >= 4 is 23.5 Å². The van der Waals surface area contributed by atoms with Crippen LogP contribution in [-0.4, -0.2) is 20.6 Å². The molecular formula is C15H15FN2OS2. The summed E-state index contributed by atoms with van der Waals surface area (Å²) < 4.78 is 14.7. The minimum atomic E-state index is -0.311. The van der Waals surface area contributed by atoms with Crippen LogP contribution in [0.15, 0.2) is 39.1 Å². The van der Waals surface area contributed by atoms with E-state index in [0.29, 0.717) is 16.1 Å². The van der Waals surface area contributed by atoms with Crippen LogP contribution in [0.5, 0.6) is 0 Å². The maximum absolute atomic E-state index is 13.1. The number of halogens is 1. The number of thioether (sulfide) groups is 2. The zero-order valence-corrected chi connectivity index (χ0v) is 13.4. The Bertz CT molecular complexity index is 728. The molecule has 1 aromatic heterocycles. The summed E-state index contributed by atoms with van der Waals surface area (Å²) in [5.74, 6) is 0.517. The van der Waals surface area contributed by atoms with Crippen molar-refractivity contribution in [2.45, 2.75) is 35.6 Å². The molecule has 1 aliphatic heterocycles. The van der Waals surface area contributed by atoms with Gasteiger partial charge in [-0.25, -0.2) is 9.37 Å². The van der Waals surface area contributed by atoms with Crippen LogP contribution in [0.25, 0.3) is 5.69 Å². The molecule has 3 nitrogen and oxygen atoms in total. The molecule has 1 aliphatic rings. The molecule has 1 aromatic carbocycles. The zero-order valence-electron chi connectivity index (χ0n) is 11.8. The zero-order chi connectivity index (χ0) is 15.0. The molecule has 0 spiro atoms. The highest BCUT2D eigenvalue weighted by Crippen LogP contribution is 2.34. The Morgan fingerprint density at radius 2 is 2.14 bits per heavy atom. The molecule has 0 N–H and O–H groups in total. The number of hydrogen-bond acceptors (Lipinski definition) is 4. The molecule has 110 valence electrons. The van der Waals surface area contributed by atoms with Gasteiger partial charge in [0, 0.05) is 11.7 Å². The van der Waals surface area contributed by atoms with Gasteiger partial charge in [0.1, 0.15) is 5.82 Å². The molecule has 0 unspecified atom stereocenters. The Balaban J connectivity index is 2.21. The van der Waals surface area contributed by atoms with Crippen LogP contribution in [-0.2, 0) is 6.42 Å². The minimum Gasteiger partial charge on any atom is -0.268 e. The van der Waals surface area contributed by atoms with Crippen LogP contribution in [0.3, 0.4) is 0 Å². The van der Waals surface area contributed by atoms with Crippen molar-refractivity contribution in [3.63, 3.8) is 0 Å². The van der Waals surface area contributed by atoms with Gasteiger partial charge in [0.05, 0.1) is 16.3 Å². The van der Waals surface area contributed by atoms with Crippen molar-refractivity contribution in [1.29, 1.82) is 0 Å². The Labute approximate surface area is 131 Å². The third-order valence-electron chi connectivity index (χ3n) is 3.24. The maximum atomic E-state index is 13.1. The molecule has 0 saturated heterocycles. The number of rotatable bonds is 3. The van der Waals surface area contributed by atoms with Crippen LogP contribution in [0.4, 0.5) is 4.39 Å². The first-order valence-electron chi connectivity index (χ1n) is 6.81. The lowest BCUT2D eigenvalue weighted by Gasteiger charge is -2.13. The molecule has 0 radical (unpaired) electrons. The topological polar surface area (TPSA) is 34.9 Å². The van der Waals surface area contributed by atoms with Gasteiger partial charge >= 0.3 is 0 Å². The third kappa shape index (κ3) is 2.74. The molecule has 6 heteroatoms. The van der Waals surface area contributed by atoms with E-state index in [9.17, 15) is 9.18 Å². The van der Waals surface area contributed by atoms with E-state index in [-0.39, 0.29) is 11.4 Å². The van der Waals surface area contributed by atoms with Crippen LogP contribution >= 0.6 is 23.5 Å². The van der Waals surface area contributed by atoms with Gasteiger partial charge in [-0.15, -0.1) is 11.8 Å². The Morgan fingerprint density at radius 1 is 1.43 bits per heavy atom. The first kappa shape index (κ1) is 14.7. The molecule has 1 atom stereocenters. The van der Waals surface area contributed by atoms with Gasteiger partial charge in [0.15, 0.2) is 5.16 Å². The molecule has 0 amide bonds. The Hall–Kier alpha value is -1.27. The number of fused-ring (bicyclic) bond motifs is 1. The van der Waals surface area contributed by atoms with E-state index >= 15 is 0 Å². The monoisotopic (exact) mass is 322 g/mol. The lowest BCUT2D eigenvalue weighted by molar-refractivity contribution is 0.626. The second kappa shape index (κ2) is 5.85.